The molecule has 582 valence electrons. The minimum absolute atomic E-state index is 0.0960. The molecule has 4 heterocycles. The van der Waals surface area contributed by atoms with Crippen LogP contribution in [0.4, 0.5) is 0 Å². The molecule has 0 bridgehead atoms. The summed E-state index contributed by atoms with van der Waals surface area (Å²) in [5, 5.41) is 129. The molecule has 0 amide bonds. The Morgan fingerprint density at radius 1 is 0.172 bits per heavy atom. The fourth-order valence-electron chi connectivity index (χ4n) is 16.9. The highest BCUT2D eigenvalue weighted by Crippen LogP contribution is 2.47. The van der Waals surface area contributed by atoms with Crippen LogP contribution in [-0.2, 0) is 0 Å². The fourth-order valence-corrected chi connectivity index (χ4v) is 16.9. The molecule has 0 saturated heterocycles. The second-order valence-electron chi connectivity index (χ2n) is 29.8. The lowest BCUT2D eigenvalue weighted by Gasteiger charge is -2.18. The SMILES string of the molecule is N#Cc1cc(C#N)c(-c2ccc3c(c2)c2cc(-c4c(C#N)cc(C#N)cc4C#N)ccc2n3-c2cc(-c3cccc(-c4ccc(-c5nc(-c6ccccc6)nc(-c6ccccc6)n5)c(-n5c6ccc(-c7c(C#N)cc(C#N)cc7C#N)cc6c6cc(-c7c(C#N)cc(C#N)cc7C#N)ccc65)c4)c3)ccc2-c2nc(-c3ccccc3)nc(-c3ccccc3)n2)c(C#N)c1. The maximum absolute atomic E-state index is 10.8. The molecule has 20 heteroatoms. The highest BCUT2D eigenvalue weighted by molar-refractivity contribution is 6.15. The Balaban J connectivity index is 0.874. The van der Waals surface area contributed by atoms with Crippen LogP contribution in [0.5, 0.6) is 0 Å². The van der Waals surface area contributed by atoms with E-state index in [9.17, 15) is 63.1 Å². The minimum atomic E-state index is 0.0960. The molecule has 4 aromatic heterocycles. The van der Waals surface area contributed by atoms with Gasteiger partial charge < -0.3 is 9.13 Å². The number of benzene rings is 15. The molecule has 19 rings (SSSR count). The summed E-state index contributed by atoms with van der Waals surface area (Å²) in [5.74, 6) is 2.18. The van der Waals surface area contributed by atoms with E-state index >= 15 is 0 Å². The summed E-state index contributed by atoms with van der Waals surface area (Å²) in [6.07, 6.45) is 0. The molecule has 0 radical (unpaired) electrons. The van der Waals surface area contributed by atoms with Crippen molar-refractivity contribution in [3.05, 3.63) is 370 Å². The Kier molecular flexibility index (Phi) is 19.7. The van der Waals surface area contributed by atoms with Crippen LogP contribution in [0.3, 0.4) is 0 Å². The average Bonchev–Trinajstić information content (AvgIpc) is 1.57. The Hall–Kier alpha value is -20.2. The van der Waals surface area contributed by atoms with Gasteiger partial charge in [-0.1, -0.05) is 176 Å². The van der Waals surface area contributed by atoms with Crippen molar-refractivity contribution in [2.45, 2.75) is 0 Å². The van der Waals surface area contributed by atoms with E-state index in [1.807, 2.05) is 237 Å². The van der Waals surface area contributed by atoms with Crippen LogP contribution in [0, 0.1) is 136 Å². The molecule has 0 saturated carbocycles. The molecule has 0 fully saturated rings. The molecule has 0 aliphatic carbocycles. The third kappa shape index (κ3) is 13.6. The normalized spacial score (nSPS) is 10.7. The topological polar surface area (TPSA) is 373 Å². The molecule has 0 spiro atoms. The van der Waals surface area contributed by atoms with Crippen LogP contribution in [-0.4, -0.2) is 39.0 Å². The van der Waals surface area contributed by atoms with Crippen LogP contribution >= 0.6 is 0 Å². The zero-order valence-corrected chi connectivity index (χ0v) is 66.8. The predicted molar refractivity (Wildman–Crippen MR) is 484 cm³/mol. The van der Waals surface area contributed by atoms with Gasteiger partial charge in [0, 0.05) is 77.2 Å². The minimum Gasteiger partial charge on any atom is -0.308 e. The summed E-state index contributed by atoms with van der Waals surface area (Å²) in [6, 6.07) is 119. The number of rotatable bonds is 14. The fraction of sp³-hybridized carbons (Fsp3) is 0. The van der Waals surface area contributed by atoms with Gasteiger partial charge in [-0.15, -0.1) is 0 Å². The first kappa shape index (κ1) is 77.7. The van der Waals surface area contributed by atoms with Gasteiger partial charge in [0.15, 0.2) is 34.9 Å². The summed E-state index contributed by atoms with van der Waals surface area (Å²) in [4.78, 5) is 31.5. The van der Waals surface area contributed by atoms with E-state index in [0.29, 0.717) is 146 Å². The molecule has 15 aromatic carbocycles. The predicted octanol–water partition coefficient (Wildman–Crippen LogP) is 22.7. The van der Waals surface area contributed by atoms with Gasteiger partial charge in [0.1, 0.15) is 0 Å². The Morgan fingerprint density at radius 2 is 0.383 bits per heavy atom. The van der Waals surface area contributed by atoms with Crippen LogP contribution in [0.25, 0.3) is 190 Å². The van der Waals surface area contributed by atoms with Gasteiger partial charge in [-0.3, -0.25) is 0 Å². The lowest BCUT2D eigenvalue weighted by Crippen LogP contribution is -2.04. The van der Waals surface area contributed by atoms with E-state index in [1.54, 1.807) is 0 Å². The summed E-state index contributed by atoms with van der Waals surface area (Å²) in [6.45, 7) is 0. The van der Waals surface area contributed by atoms with Crippen LogP contribution in [0.1, 0.15) is 66.8 Å². The summed E-state index contributed by atoms with van der Waals surface area (Å²) in [5.41, 5.74) is 15.0. The molecule has 128 heavy (non-hydrogen) atoms. The first-order valence-electron chi connectivity index (χ1n) is 39.7. The standard InChI is InChI=1S/C108H50N20/c109-51-63-36-79(55-113)99(80(37-63)56-114)75-26-32-93-89(45-75)90-46-76(100-81(57-115)38-64(52-110)39-82(100)58-116)27-33-94(90)127(93)97-49-73(24-30-87(97)107-123-103(67-14-5-1-6-15-67)121-104(124-107)68-16-7-2-8-17-68)71-22-13-23-72(44-71)74-25-31-88(108-125-105(69-18-9-3-10-19-69)122-106(126-108)70-20-11-4-12-21-70)98(50-74)128-95-34-28-77(101-83(59-117)40-65(53-111)41-84(101)60-118)47-91(95)92-48-78(29-35-96(92)128)102-85(61-119)42-66(54-112)43-86(102)62-120/h1-50H. The van der Waals surface area contributed by atoms with Gasteiger partial charge in [-0.2, -0.15) is 63.1 Å². The van der Waals surface area contributed by atoms with E-state index < -0.39 is 0 Å². The lowest BCUT2D eigenvalue weighted by molar-refractivity contribution is 1.06. The molecule has 0 unspecified atom stereocenters. The molecule has 0 N–H and O–H groups in total. The number of nitriles is 12. The quantitative estimate of drug-likeness (QED) is 0.0975. The first-order chi connectivity index (χ1) is 62.8. The van der Waals surface area contributed by atoms with Crippen molar-refractivity contribution in [1.82, 2.24) is 39.0 Å². The Bertz CT molecular complexity index is 7540. The van der Waals surface area contributed by atoms with E-state index in [1.165, 1.54) is 48.5 Å². The van der Waals surface area contributed by atoms with Crippen molar-refractivity contribution in [2.24, 2.45) is 0 Å². The van der Waals surface area contributed by atoms with Gasteiger partial charge in [0.2, 0.25) is 0 Å². The number of hydrogen-bond donors (Lipinski definition) is 0. The summed E-state index contributed by atoms with van der Waals surface area (Å²) >= 11 is 0. The Morgan fingerprint density at radius 3 is 0.609 bits per heavy atom. The highest BCUT2D eigenvalue weighted by Gasteiger charge is 2.28. The van der Waals surface area contributed by atoms with Crippen molar-refractivity contribution < 1.29 is 0 Å². The van der Waals surface area contributed by atoms with Crippen LogP contribution in [0.2, 0.25) is 0 Å². The second-order valence-corrected chi connectivity index (χ2v) is 29.8. The molecule has 0 aliphatic heterocycles. The molecule has 20 nitrogen and oxygen atoms in total. The average molecular weight is 1630 g/mol. The van der Waals surface area contributed by atoms with Gasteiger partial charge >= 0.3 is 0 Å². The van der Waals surface area contributed by atoms with Gasteiger partial charge in [0.05, 0.1) is 173 Å². The number of nitrogens with zero attached hydrogens (tertiary/aromatic N) is 20. The van der Waals surface area contributed by atoms with Gasteiger partial charge in [-0.05, 0) is 172 Å². The lowest BCUT2D eigenvalue weighted by atomic mass is 9.91. The maximum Gasteiger partial charge on any atom is 0.166 e. The molecular formula is C108H50N20. The van der Waals surface area contributed by atoms with Crippen molar-refractivity contribution in [1.29, 1.82) is 63.1 Å². The summed E-state index contributed by atoms with van der Waals surface area (Å²) in [7, 11) is 0. The third-order valence-electron chi connectivity index (χ3n) is 22.6. The molecule has 0 aliphatic rings. The van der Waals surface area contributed by atoms with E-state index in [2.05, 4.69) is 100 Å². The van der Waals surface area contributed by atoms with Crippen molar-refractivity contribution in [2.75, 3.05) is 0 Å². The Labute approximate surface area is 730 Å². The molecule has 0 atom stereocenters. The summed E-state index contributed by atoms with van der Waals surface area (Å²) < 4.78 is 4.17. The number of fused-ring (bicyclic) bond motifs is 6. The van der Waals surface area contributed by atoms with E-state index in [0.717, 1.165) is 44.5 Å². The van der Waals surface area contributed by atoms with Crippen LogP contribution < -0.4 is 0 Å². The van der Waals surface area contributed by atoms with Gasteiger partial charge in [-0.25, -0.2) is 29.9 Å². The van der Waals surface area contributed by atoms with E-state index in [4.69, 9.17) is 29.9 Å². The monoisotopic (exact) mass is 1630 g/mol. The molecule has 19 aromatic rings. The second kappa shape index (κ2) is 32.5. The zero-order chi connectivity index (χ0) is 87.8. The smallest absolute Gasteiger partial charge is 0.166 e. The third-order valence-corrected chi connectivity index (χ3v) is 22.6. The largest absolute Gasteiger partial charge is 0.308 e. The van der Waals surface area contributed by atoms with Crippen LogP contribution in [0.15, 0.2) is 303 Å². The van der Waals surface area contributed by atoms with Crippen molar-refractivity contribution in [3.63, 3.8) is 0 Å². The zero-order valence-electron chi connectivity index (χ0n) is 66.8. The first-order valence-corrected chi connectivity index (χ1v) is 39.7. The highest BCUT2D eigenvalue weighted by atomic mass is 15.1. The van der Waals surface area contributed by atoms with Crippen molar-refractivity contribution in [3.8, 4) is 219 Å². The maximum atomic E-state index is 10.8. The van der Waals surface area contributed by atoms with Gasteiger partial charge in [0.25, 0.3) is 0 Å². The van der Waals surface area contributed by atoms with E-state index in [-0.39, 0.29) is 66.8 Å². The number of aromatic nitrogens is 8. The molecular weight excluding hydrogens is 1580 g/mol. The number of hydrogen-bond acceptors (Lipinski definition) is 18. The van der Waals surface area contributed by atoms with Crippen molar-refractivity contribution >= 4 is 43.6 Å².